The van der Waals surface area contributed by atoms with Crippen LogP contribution in [0.3, 0.4) is 0 Å². The standard InChI is InChI=1S/C5H9IO/c6-5-3-1-2-4-7-5/h5H,1-4H2. The number of hydrogen-bond acceptors (Lipinski definition) is 1. The van der Waals surface area contributed by atoms with Crippen LogP contribution in [-0.2, 0) is 4.74 Å². The van der Waals surface area contributed by atoms with Crippen LogP contribution in [0.4, 0.5) is 0 Å². The molecule has 1 saturated heterocycles. The van der Waals surface area contributed by atoms with Gasteiger partial charge in [0.15, 0.2) is 0 Å². The lowest BCUT2D eigenvalue weighted by atomic mass is 10.2. The van der Waals surface area contributed by atoms with Gasteiger partial charge in [0.05, 0.1) is 0 Å². The maximum Gasteiger partial charge on any atom is 0.108 e. The predicted octanol–water partition coefficient (Wildman–Crippen LogP) is 1.95. The third-order valence-electron chi connectivity index (χ3n) is 1.12. The fourth-order valence-electron chi connectivity index (χ4n) is 0.701. The highest BCUT2D eigenvalue weighted by Gasteiger charge is 2.07. The predicted molar refractivity (Wildman–Crippen MR) is 37.6 cm³/mol. The topological polar surface area (TPSA) is 9.23 Å². The Morgan fingerprint density at radius 2 is 2.29 bits per heavy atom. The molecule has 0 spiro atoms. The Morgan fingerprint density at radius 1 is 1.43 bits per heavy atom. The molecular formula is C5H9IO. The lowest BCUT2D eigenvalue weighted by Gasteiger charge is -2.15. The van der Waals surface area contributed by atoms with E-state index in [9.17, 15) is 0 Å². The summed E-state index contributed by atoms with van der Waals surface area (Å²) in [6, 6.07) is 0. The van der Waals surface area contributed by atoms with Crippen LogP contribution in [0.5, 0.6) is 0 Å². The molecule has 1 atom stereocenters. The van der Waals surface area contributed by atoms with Crippen LogP contribution in [0, 0.1) is 0 Å². The van der Waals surface area contributed by atoms with E-state index < -0.39 is 0 Å². The van der Waals surface area contributed by atoms with Gasteiger partial charge in [0.1, 0.15) is 4.11 Å². The van der Waals surface area contributed by atoms with Crippen molar-refractivity contribution < 1.29 is 4.74 Å². The monoisotopic (exact) mass is 212 g/mol. The highest BCUT2D eigenvalue weighted by molar-refractivity contribution is 14.1. The van der Waals surface area contributed by atoms with Crippen molar-refractivity contribution >= 4 is 22.6 Å². The molecule has 1 heterocycles. The van der Waals surface area contributed by atoms with Gasteiger partial charge in [-0.1, -0.05) is 22.6 Å². The fourth-order valence-corrected chi connectivity index (χ4v) is 1.40. The SMILES string of the molecule is IC1CCCCO1. The lowest BCUT2D eigenvalue weighted by molar-refractivity contribution is 0.0834. The summed E-state index contributed by atoms with van der Waals surface area (Å²) in [6.45, 7) is 0.980. The van der Waals surface area contributed by atoms with E-state index in [1.54, 1.807) is 0 Å². The number of rotatable bonds is 0. The van der Waals surface area contributed by atoms with Gasteiger partial charge in [-0.2, -0.15) is 0 Å². The summed E-state index contributed by atoms with van der Waals surface area (Å²) in [5.74, 6) is 0. The van der Waals surface area contributed by atoms with E-state index in [0.29, 0.717) is 4.11 Å². The first-order valence-electron chi connectivity index (χ1n) is 2.65. The van der Waals surface area contributed by atoms with Crippen LogP contribution in [0.15, 0.2) is 0 Å². The molecule has 0 radical (unpaired) electrons. The van der Waals surface area contributed by atoms with Gasteiger partial charge >= 0.3 is 0 Å². The molecule has 0 aromatic rings. The van der Waals surface area contributed by atoms with E-state index >= 15 is 0 Å². The molecule has 1 unspecified atom stereocenters. The molecule has 0 aromatic carbocycles. The van der Waals surface area contributed by atoms with Crippen molar-refractivity contribution in [1.82, 2.24) is 0 Å². The van der Waals surface area contributed by atoms with Gasteiger partial charge in [-0.05, 0) is 19.3 Å². The minimum absolute atomic E-state index is 0.506. The van der Waals surface area contributed by atoms with Crippen molar-refractivity contribution in [1.29, 1.82) is 0 Å². The summed E-state index contributed by atoms with van der Waals surface area (Å²) in [6.07, 6.45) is 3.87. The maximum atomic E-state index is 5.26. The summed E-state index contributed by atoms with van der Waals surface area (Å²) in [7, 11) is 0. The molecule has 0 bridgehead atoms. The second-order valence-electron chi connectivity index (χ2n) is 1.78. The molecule has 0 aromatic heterocycles. The van der Waals surface area contributed by atoms with Crippen molar-refractivity contribution in [2.24, 2.45) is 0 Å². The van der Waals surface area contributed by atoms with E-state index in [2.05, 4.69) is 22.6 Å². The highest BCUT2D eigenvalue weighted by atomic mass is 127. The first-order chi connectivity index (χ1) is 3.39. The third kappa shape index (κ3) is 1.95. The molecule has 1 rings (SSSR count). The summed E-state index contributed by atoms with van der Waals surface area (Å²) < 4.78 is 5.77. The van der Waals surface area contributed by atoms with Gasteiger partial charge in [0.2, 0.25) is 0 Å². The Morgan fingerprint density at radius 3 is 2.57 bits per heavy atom. The van der Waals surface area contributed by atoms with Crippen LogP contribution >= 0.6 is 22.6 Å². The Balaban J connectivity index is 2.12. The van der Waals surface area contributed by atoms with Gasteiger partial charge in [-0.25, -0.2) is 0 Å². The average Bonchev–Trinajstić information content (AvgIpc) is 1.69. The number of alkyl halides is 1. The smallest absolute Gasteiger partial charge is 0.108 e. The number of hydrogen-bond donors (Lipinski definition) is 0. The van der Waals surface area contributed by atoms with Crippen molar-refractivity contribution in [2.45, 2.75) is 23.4 Å². The van der Waals surface area contributed by atoms with Gasteiger partial charge in [0.25, 0.3) is 0 Å². The Hall–Kier alpha value is 0.690. The van der Waals surface area contributed by atoms with E-state index in [1.165, 1.54) is 19.3 Å². The minimum Gasteiger partial charge on any atom is -0.368 e. The van der Waals surface area contributed by atoms with Gasteiger partial charge in [0, 0.05) is 6.61 Å². The maximum absolute atomic E-state index is 5.26. The van der Waals surface area contributed by atoms with Crippen LogP contribution in [-0.4, -0.2) is 10.7 Å². The van der Waals surface area contributed by atoms with Crippen LogP contribution < -0.4 is 0 Å². The quantitative estimate of drug-likeness (QED) is 0.440. The van der Waals surface area contributed by atoms with E-state index in [4.69, 9.17) is 4.74 Å². The van der Waals surface area contributed by atoms with E-state index in [-0.39, 0.29) is 0 Å². The van der Waals surface area contributed by atoms with Gasteiger partial charge in [-0.3, -0.25) is 0 Å². The molecule has 1 fully saturated rings. The summed E-state index contributed by atoms with van der Waals surface area (Å²) in [5, 5.41) is 0. The zero-order valence-electron chi connectivity index (χ0n) is 4.19. The van der Waals surface area contributed by atoms with Crippen molar-refractivity contribution in [3.8, 4) is 0 Å². The number of ether oxygens (including phenoxy) is 1. The molecule has 0 N–H and O–H groups in total. The van der Waals surface area contributed by atoms with E-state index in [1.807, 2.05) is 0 Å². The molecule has 1 nitrogen and oxygen atoms in total. The Bertz CT molecular complexity index is 50.0. The molecule has 42 valence electrons. The van der Waals surface area contributed by atoms with E-state index in [0.717, 1.165) is 6.61 Å². The highest BCUT2D eigenvalue weighted by Crippen LogP contribution is 2.17. The number of halogens is 1. The normalized spacial score (nSPS) is 33.0. The molecule has 1 aliphatic heterocycles. The summed E-state index contributed by atoms with van der Waals surface area (Å²) in [4.78, 5) is 0. The molecule has 2 heteroatoms. The van der Waals surface area contributed by atoms with Gasteiger partial charge in [-0.15, -0.1) is 0 Å². The second-order valence-corrected chi connectivity index (χ2v) is 3.17. The second kappa shape index (κ2) is 2.87. The minimum atomic E-state index is 0.506. The average molecular weight is 212 g/mol. The van der Waals surface area contributed by atoms with Crippen molar-refractivity contribution in [3.05, 3.63) is 0 Å². The lowest BCUT2D eigenvalue weighted by Crippen LogP contribution is -2.11. The zero-order chi connectivity index (χ0) is 5.11. The molecule has 1 aliphatic rings. The molecule has 7 heavy (non-hydrogen) atoms. The van der Waals surface area contributed by atoms with Crippen molar-refractivity contribution in [2.75, 3.05) is 6.61 Å². The zero-order valence-corrected chi connectivity index (χ0v) is 6.35. The largest absolute Gasteiger partial charge is 0.368 e. The van der Waals surface area contributed by atoms with Crippen molar-refractivity contribution in [3.63, 3.8) is 0 Å². The fraction of sp³-hybridized carbons (Fsp3) is 1.00. The van der Waals surface area contributed by atoms with Crippen LogP contribution in [0.1, 0.15) is 19.3 Å². The Kier molecular flexibility index (Phi) is 2.38. The molecule has 0 saturated carbocycles. The van der Waals surface area contributed by atoms with Crippen LogP contribution in [0.25, 0.3) is 0 Å². The first-order valence-corrected chi connectivity index (χ1v) is 3.90. The summed E-state index contributed by atoms with van der Waals surface area (Å²) >= 11 is 2.33. The third-order valence-corrected chi connectivity index (χ3v) is 2.11. The first kappa shape index (κ1) is 5.82. The molecular weight excluding hydrogens is 203 g/mol. The van der Waals surface area contributed by atoms with Gasteiger partial charge < -0.3 is 4.74 Å². The summed E-state index contributed by atoms with van der Waals surface area (Å²) in [5.41, 5.74) is 0. The molecule has 0 aliphatic carbocycles. The van der Waals surface area contributed by atoms with Crippen LogP contribution in [0.2, 0.25) is 0 Å². The molecule has 0 amide bonds. The Labute approximate surface area is 57.6 Å².